The molecule has 11 aromatic carbocycles. The van der Waals surface area contributed by atoms with E-state index in [0.29, 0.717) is 0 Å². The molecule has 0 atom stereocenters. The predicted octanol–water partition coefficient (Wildman–Crippen LogP) is 16.7. The lowest BCUT2D eigenvalue weighted by Gasteiger charge is -2.26. The van der Waals surface area contributed by atoms with Crippen molar-refractivity contribution in [3.8, 4) is 11.4 Å². The van der Waals surface area contributed by atoms with Gasteiger partial charge in [-0.3, -0.25) is 0 Å². The van der Waals surface area contributed by atoms with E-state index in [-0.39, 0.29) is 0 Å². The average Bonchev–Trinajstić information content (AvgIpc) is 4.03. The maximum atomic E-state index is 6.80. The predicted molar refractivity (Wildman–Crippen MR) is 270 cm³/mol. The van der Waals surface area contributed by atoms with Crippen molar-refractivity contribution in [2.75, 3.05) is 4.90 Å². The molecule has 0 saturated carbocycles. The van der Waals surface area contributed by atoms with E-state index >= 15 is 0 Å². The zero-order valence-electron chi connectivity index (χ0n) is 34.6. The van der Waals surface area contributed by atoms with E-state index in [2.05, 4.69) is 232 Å². The summed E-state index contributed by atoms with van der Waals surface area (Å²) in [5.74, 6) is 0. The molecule has 3 heterocycles. The summed E-state index contributed by atoms with van der Waals surface area (Å²) in [5, 5.41) is 14.5. The Morgan fingerprint density at radius 2 is 0.828 bits per heavy atom. The lowest BCUT2D eigenvalue weighted by Crippen LogP contribution is -2.10. The van der Waals surface area contributed by atoms with Crippen molar-refractivity contribution in [3.63, 3.8) is 0 Å². The third-order valence-electron chi connectivity index (χ3n) is 13.5. The van der Waals surface area contributed by atoms with Crippen molar-refractivity contribution in [1.82, 2.24) is 9.13 Å². The third-order valence-corrected chi connectivity index (χ3v) is 13.5. The van der Waals surface area contributed by atoms with Crippen LogP contribution in [0.3, 0.4) is 0 Å². The Bertz CT molecular complexity index is 4170. The number of furan rings is 1. The highest BCUT2D eigenvalue weighted by Gasteiger charge is 2.24. The standard InChI is InChI=1S/C60H37N3O/c1-2-16-38(17-3-1)62-53-27-12-9-24-49(53)59-55(62)28-15-29-56(59)63-52-26-11-8-22-46(52)51-37-40(33-35-54(51)63)61(57-30-14-25-48-47-23-10-13-31-58(47)64-60(48)57)39-32-34-45-43-20-5-4-18-41(43)42-19-6-7-21-44(42)50(45)36-39/h1-37H. The first-order valence-electron chi connectivity index (χ1n) is 21.9. The fourth-order valence-corrected chi connectivity index (χ4v) is 10.8. The lowest BCUT2D eigenvalue weighted by atomic mass is 9.94. The molecule has 14 rings (SSSR count). The number of nitrogens with zero attached hydrogens (tertiary/aromatic N) is 3. The molecule has 0 unspecified atom stereocenters. The van der Waals surface area contributed by atoms with Gasteiger partial charge in [-0.05, 0) is 111 Å². The zero-order valence-corrected chi connectivity index (χ0v) is 34.6. The zero-order chi connectivity index (χ0) is 41.9. The van der Waals surface area contributed by atoms with E-state index in [1.807, 2.05) is 6.07 Å². The SMILES string of the molecule is c1ccc(-n2c3ccccc3c3c(-n4c5ccccc5c5cc(N(c6ccc7c8ccccc8c8ccccc8c7c6)c6cccc7c6oc6ccccc67)ccc54)cccc32)cc1. The number of anilines is 3. The number of fused-ring (bicyclic) bond motifs is 15. The molecule has 0 aliphatic heterocycles. The Hall–Kier alpha value is -8.60. The van der Waals surface area contributed by atoms with Crippen LogP contribution >= 0.6 is 0 Å². The number of hydrogen-bond donors (Lipinski definition) is 0. The van der Waals surface area contributed by atoms with Crippen LogP contribution in [0.5, 0.6) is 0 Å². The molecular formula is C60H37N3O. The van der Waals surface area contributed by atoms with Crippen molar-refractivity contribution in [2.24, 2.45) is 0 Å². The highest BCUT2D eigenvalue weighted by atomic mass is 16.3. The number of hydrogen-bond acceptors (Lipinski definition) is 2. The van der Waals surface area contributed by atoms with Crippen molar-refractivity contribution in [3.05, 3.63) is 224 Å². The monoisotopic (exact) mass is 815 g/mol. The number of para-hydroxylation sites is 5. The fourth-order valence-electron chi connectivity index (χ4n) is 10.8. The molecule has 14 aromatic rings. The van der Waals surface area contributed by atoms with E-state index in [1.165, 1.54) is 64.9 Å². The Balaban J connectivity index is 1.05. The molecule has 0 N–H and O–H groups in total. The van der Waals surface area contributed by atoms with Crippen LogP contribution in [0.4, 0.5) is 17.1 Å². The van der Waals surface area contributed by atoms with Gasteiger partial charge in [-0.25, -0.2) is 0 Å². The van der Waals surface area contributed by atoms with Gasteiger partial charge in [0.25, 0.3) is 0 Å². The summed E-state index contributed by atoms with van der Waals surface area (Å²) >= 11 is 0. The molecule has 64 heavy (non-hydrogen) atoms. The van der Waals surface area contributed by atoms with E-state index in [0.717, 1.165) is 61.4 Å². The van der Waals surface area contributed by atoms with Crippen LogP contribution in [0.15, 0.2) is 229 Å². The topological polar surface area (TPSA) is 26.2 Å². The van der Waals surface area contributed by atoms with Crippen LogP contribution in [-0.2, 0) is 0 Å². The average molecular weight is 816 g/mol. The second-order valence-corrected chi connectivity index (χ2v) is 16.8. The van der Waals surface area contributed by atoms with Gasteiger partial charge < -0.3 is 18.5 Å². The van der Waals surface area contributed by atoms with Gasteiger partial charge in [0.2, 0.25) is 0 Å². The first kappa shape index (κ1) is 35.0. The lowest BCUT2D eigenvalue weighted by molar-refractivity contribution is 0.669. The van der Waals surface area contributed by atoms with Gasteiger partial charge in [0, 0.05) is 49.4 Å². The number of benzene rings is 11. The van der Waals surface area contributed by atoms with Gasteiger partial charge >= 0.3 is 0 Å². The first-order valence-corrected chi connectivity index (χ1v) is 21.9. The number of aromatic nitrogens is 2. The van der Waals surface area contributed by atoms with Crippen molar-refractivity contribution in [2.45, 2.75) is 0 Å². The highest BCUT2D eigenvalue weighted by molar-refractivity contribution is 6.26. The van der Waals surface area contributed by atoms with Gasteiger partial charge in [0.1, 0.15) is 5.58 Å². The molecule has 0 aliphatic rings. The van der Waals surface area contributed by atoms with Crippen LogP contribution in [0.2, 0.25) is 0 Å². The fraction of sp³-hybridized carbons (Fsp3) is 0. The molecule has 0 fully saturated rings. The Morgan fingerprint density at radius 1 is 0.312 bits per heavy atom. The quantitative estimate of drug-likeness (QED) is 0.162. The molecule has 4 heteroatoms. The third kappa shape index (κ3) is 4.93. The van der Waals surface area contributed by atoms with Crippen LogP contribution < -0.4 is 4.90 Å². The normalized spacial score (nSPS) is 12.1. The van der Waals surface area contributed by atoms with Gasteiger partial charge in [0.05, 0.1) is 33.4 Å². The van der Waals surface area contributed by atoms with E-state index < -0.39 is 0 Å². The summed E-state index contributed by atoms with van der Waals surface area (Å²) in [6.45, 7) is 0. The van der Waals surface area contributed by atoms with Crippen molar-refractivity contribution in [1.29, 1.82) is 0 Å². The molecule has 0 saturated heterocycles. The van der Waals surface area contributed by atoms with E-state index in [1.54, 1.807) is 0 Å². The molecule has 0 aliphatic carbocycles. The van der Waals surface area contributed by atoms with Gasteiger partial charge in [0.15, 0.2) is 5.58 Å². The van der Waals surface area contributed by atoms with Crippen molar-refractivity contribution >= 4 is 115 Å². The number of rotatable bonds is 5. The summed E-state index contributed by atoms with van der Waals surface area (Å²) in [7, 11) is 0. The summed E-state index contributed by atoms with van der Waals surface area (Å²) in [4.78, 5) is 2.40. The van der Waals surface area contributed by atoms with Crippen LogP contribution in [0.1, 0.15) is 0 Å². The largest absolute Gasteiger partial charge is 0.454 e. The summed E-state index contributed by atoms with van der Waals surface area (Å²) in [6.07, 6.45) is 0. The minimum absolute atomic E-state index is 0.858. The maximum absolute atomic E-state index is 6.80. The highest BCUT2D eigenvalue weighted by Crippen LogP contribution is 2.47. The Morgan fingerprint density at radius 3 is 1.58 bits per heavy atom. The van der Waals surface area contributed by atoms with E-state index in [4.69, 9.17) is 4.42 Å². The minimum Gasteiger partial charge on any atom is -0.454 e. The molecule has 3 aromatic heterocycles. The van der Waals surface area contributed by atoms with Gasteiger partial charge in [-0.15, -0.1) is 0 Å². The first-order chi connectivity index (χ1) is 31.8. The molecule has 0 radical (unpaired) electrons. The molecule has 298 valence electrons. The maximum Gasteiger partial charge on any atom is 0.159 e. The minimum atomic E-state index is 0.858. The molecule has 0 spiro atoms. The Kier molecular flexibility index (Phi) is 7.36. The van der Waals surface area contributed by atoms with E-state index in [9.17, 15) is 0 Å². The summed E-state index contributed by atoms with van der Waals surface area (Å²) in [5.41, 5.74) is 11.8. The molecule has 0 amide bonds. The molecule has 0 bridgehead atoms. The summed E-state index contributed by atoms with van der Waals surface area (Å²) < 4.78 is 11.7. The second-order valence-electron chi connectivity index (χ2n) is 16.8. The van der Waals surface area contributed by atoms with Crippen LogP contribution in [-0.4, -0.2) is 9.13 Å². The second kappa shape index (κ2) is 13.4. The summed E-state index contributed by atoms with van der Waals surface area (Å²) in [6, 6.07) is 81.5. The smallest absolute Gasteiger partial charge is 0.159 e. The van der Waals surface area contributed by atoms with Crippen LogP contribution in [0, 0.1) is 0 Å². The molecular weight excluding hydrogens is 779 g/mol. The molecule has 4 nitrogen and oxygen atoms in total. The van der Waals surface area contributed by atoms with Gasteiger partial charge in [-0.1, -0.05) is 146 Å². The van der Waals surface area contributed by atoms with Gasteiger partial charge in [-0.2, -0.15) is 0 Å². The Labute approximate surface area is 367 Å². The van der Waals surface area contributed by atoms with Crippen molar-refractivity contribution < 1.29 is 4.42 Å². The van der Waals surface area contributed by atoms with Crippen LogP contribution in [0.25, 0.3) is 109 Å².